The van der Waals surface area contributed by atoms with Crippen LogP contribution in [-0.2, 0) is 0 Å². The van der Waals surface area contributed by atoms with Crippen LogP contribution < -0.4 is 4.90 Å². The smallest absolute Gasteiger partial charge is 0.183 e. The van der Waals surface area contributed by atoms with E-state index in [1.807, 2.05) is 31.9 Å². The molecular formula is C15H16FNOS. The van der Waals surface area contributed by atoms with Crippen molar-refractivity contribution in [1.82, 2.24) is 0 Å². The fourth-order valence-electron chi connectivity index (χ4n) is 2.00. The summed E-state index contributed by atoms with van der Waals surface area (Å²) in [5, 5.41) is 0. The molecule has 2 aromatic rings. The lowest BCUT2D eigenvalue weighted by atomic mass is 10.1. The van der Waals surface area contributed by atoms with Gasteiger partial charge in [0.25, 0.3) is 0 Å². The summed E-state index contributed by atoms with van der Waals surface area (Å²) in [6.07, 6.45) is 0. The van der Waals surface area contributed by atoms with Gasteiger partial charge in [0.1, 0.15) is 5.82 Å². The maximum absolute atomic E-state index is 12.8. The second-order valence-corrected chi connectivity index (χ2v) is 6.04. The van der Waals surface area contributed by atoms with Crippen LogP contribution in [0.15, 0.2) is 30.3 Å². The predicted molar refractivity (Wildman–Crippen MR) is 77.8 cm³/mol. The number of halogens is 1. The summed E-state index contributed by atoms with van der Waals surface area (Å²) in [4.78, 5) is 16.2. The molecule has 100 valence electrons. The number of nitrogens with zero attached hydrogens (tertiary/aromatic N) is 1. The van der Waals surface area contributed by atoms with Gasteiger partial charge in [-0.15, -0.1) is 11.3 Å². The Morgan fingerprint density at radius 1 is 1.26 bits per heavy atom. The molecule has 0 radical (unpaired) electrons. The molecule has 0 spiro atoms. The molecule has 4 heteroatoms. The lowest BCUT2D eigenvalue weighted by Gasteiger charge is -2.18. The van der Waals surface area contributed by atoms with E-state index in [0.717, 1.165) is 21.0 Å². The molecule has 0 bridgehead atoms. The van der Waals surface area contributed by atoms with Crippen molar-refractivity contribution in [2.45, 2.75) is 13.8 Å². The molecule has 0 N–H and O–H groups in total. The number of carbonyl (C=O) groups excluding carboxylic acids is 1. The lowest BCUT2D eigenvalue weighted by molar-refractivity contribution is 0.1000. The zero-order valence-corrected chi connectivity index (χ0v) is 12.1. The second kappa shape index (κ2) is 5.53. The van der Waals surface area contributed by atoms with Crippen molar-refractivity contribution < 1.29 is 9.18 Å². The second-order valence-electron chi connectivity index (χ2n) is 4.58. The summed E-state index contributed by atoms with van der Waals surface area (Å²) in [6, 6.07) is 8.08. The van der Waals surface area contributed by atoms with Crippen LogP contribution in [0.4, 0.5) is 10.1 Å². The quantitative estimate of drug-likeness (QED) is 0.792. The summed E-state index contributed by atoms with van der Waals surface area (Å²) in [7, 11) is 1.83. The van der Waals surface area contributed by atoms with E-state index < -0.39 is 0 Å². The van der Waals surface area contributed by atoms with Crippen molar-refractivity contribution in [1.29, 1.82) is 0 Å². The SMILES string of the molecule is Cc1cc(C(=O)CN(C)c2ccc(F)cc2)c(C)s1. The van der Waals surface area contributed by atoms with E-state index in [0.29, 0.717) is 6.54 Å². The first kappa shape index (κ1) is 13.7. The van der Waals surface area contributed by atoms with Gasteiger partial charge in [0.05, 0.1) is 6.54 Å². The first-order chi connectivity index (χ1) is 8.97. The van der Waals surface area contributed by atoms with E-state index in [9.17, 15) is 9.18 Å². The molecule has 0 amide bonds. The zero-order chi connectivity index (χ0) is 14.0. The van der Waals surface area contributed by atoms with Crippen molar-refractivity contribution >= 4 is 22.8 Å². The Hall–Kier alpha value is -1.68. The molecule has 0 fully saturated rings. The Kier molecular flexibility index (Phi) is 4.00. The minimum absolute atomic E-state index is 0.0914. The summed E-state index contributed by atoms with van der Waals surface area (Å²) in [6.45, 7) is 4.25. The highest BCUT2D eigenvalue weighted by molar-refractivity contribution is 7.12. The molecule has 2 rings (SSSR count). The maximum Gasteiger partial charge on any atom is 0.183 e. The van der Waals surface area contributed by atoms with Crippen LogP contribution in [0.5, 0.6) is 0 Å². The Morgan fingerprint density at radius 3 is 2.42 bits per heavy atom. The number of aryl methyl sites for hydroxylation is 2. The third-order valence-electron chi connectivity index (χ3n) is 2.99. The van der Waals surface area contributed by atoms with Crippen molar-refractivity contribution in [2.24, 2.45) is 0 Å². The number of hydrogen-bond acceptors (Lipinski definition) is 3. The fourth-order valence-corrected chi connectivity index (χ4v) is 2.94. The maximum atomic E-state index is 12.8. The Morgan fingerprint density at radius 2 is 1.89 bits per heavy atom. The van der Waals surface area contributed by atoms with E-state index in [1.165, 1.54) is 12.1 Å². The normalized spacial score (nSPS) is 10.5. The number of carbonyl (C=O) groups is 1. The molecule has 0 saturated carbocycles. The number of ketones is 1. The number of rotatable bonds is 4. The van der Waals surface area contributed by atoms with Gasteiger partial charge >= 0.3 is 0 Å². The van der Waals surface area contributed by atoms with Gasteiger partial charge in [-0.2, -0.15) is 0 Å². The highest BCUT2D eigenvalue weighted by Gasteiger charge is 2.14. The molecule has 0 atom stereocenters. The van der Waals surface area contributed by atoms with Gasteiger partial charge in [-0.3, -0.25) is 4.79 Å². The number of likely N-dealkylation sites (N-methyl/N-ethyl adjacent to an activating group) is 1. The molecule has 2 nitrogen and oxygen atoms in total. The van der Waals surface area contributed by atoms with Crippen LogP contribution >= 0.6 is 11.3 Å². The minimum atomic E-state index is -0.271. The van der Waals surface area contributed by atoms with Crippen LogP contribution in [-0.4, -0.2) is 19.4 Å². The highest BCUT2D eigenvalue weighted by Crippen LogP contribution is 2.22. The van der Waals surface area contributed by atoms with Gasteiger partial charge in [-0.05, 0) is 44.2 Å². The van der Waals surface area contributed by atoms with Crippen LogP contribution in [0.25, 0.3) is 0 Å². The van der Waals surface area contributed by atoms with Crippen LogP contribution in [0.3, 0.4) is 0 Å². The Balaban J connectivity index is 2.10. The Labute approximate surface area is 116 Å². The largest absolute Gasteiger partial charge is 0.367 e. The average Bonchev–Trinajstić information content (AvgIpc) is 2.69. The minimum Gasteiger partial charge on any atom is -0.367 e. The lowest BCUT2D eigenvalue weighted by Crippen LogP contribution is -2.25. The summed E-state index contributed by atoms with van der Waals surface area (Å²) in [5.41, 5.74) is 1.62. The monoisotopic (exact) mass is 277 g/mol. The third-order valence-corrected chi connectivity index (χ3v) is 3.96. The van der Waals surface area contributed by atoms with Gasteiger partial charge in [-0.1, -0.05) is 0 Å². The van der Waals surface area contributed by atoms with Crippen LogP contribution in [0, 0.1) is 19.7 Å². The molecule has 1 aromatic heterocycles. The highest BCUT2D eigenvalue weighted by atomic mass is 32.1. The summed E-state index contributed by atoms with van der Waals surface area (Å²) in [5.74, 6) is -0.179. The number of Topliss-reactive ketones (excluding diaryl/α,β-unsaturated/α-hetero) is 1. The molecule has 19 heavy (non-hydrogen) atoms. The van der Waals surface area contributed by atoms with E-state index in [-0.39, 0.29) is 11.6 Å². The molecule has 0 saturated heterocycles. The van der Waals surface area contributed by atoms with E-state index in [1.54, 1.807) is 23.5 Å². The van der Waals surface area contributed by atoms with Crippen molar-refractivity contribution in [2.75, 3.05) is 18.5 Å². The van der Waals surface area contributed by atoms with Crippen molar-refractivity contribution in [3.05, 3.63) is 51.5 Å². The van der Waals surface area contributed by atoms with Gasteiger partial charge in [0, 0.05) is 28.1 Å². The van der Waals surface area contributed by atoms with Crippen molar-refractivity contribution in [3.8, 4) is 0 Å². The molecule has 0 unspecified atom stereocenters. The molecule has 0 aliphatic carbocycles. The molecular weight excluding hydrogens is 261 g/mol. The van der Waals surface area contributed by atoms with Crippen LogP contribution in [0.1, 0.15) is 20.1 Å². The zero-order valence-electron chi connectivity index (χ0n) is 11.2. The summed E-state index contributed by atoms with van der Waals surface area (Å²) >= 11 is 1.63. The first-order valence-electron chi connectivity index (χ1n) is 6.04. The van der Waals surface area contributed by atoms with Gasteiger partial charge in [0.2, 0.25) is 0 Å². The topological polar surface area (TPSA) is 20.3 Å². The van der Waals surface area contributed by atoms with Gasteiger partial charge < -0.3 is 4.90 Å². The number of benzene rings is 1. The number of thiophene rings is 1. The standard InChI is InChI=1S/C15H16FNOS/c1-10-8-14(11(2)19-10)15(18)9-17(3)13-6-4-12(16)5-7-13/h4-8H,9H2,1-3H3. The van der Waals surface area contributed by atoms with E-state index in [2.05, 4.69) is 0 Å². The van der Waals surface area contributed by atoms with Crippen molar-refractivity contribution in [3.63, 3.8) is 0 Å². The first-order valence-corrected chi connectivity index (χ1v) is 6.86. The fraction of sp³-hybridized carbons (Fsp3) is 0.267. The summed E-state index contributed by atoms with van der Waals surface area (Å²) < 4.78 is 12.8. The number of hydrogen-bond donors (Lipinski definition) is 0. The van der Waals surface area contributed by atoms with E-state index >= 15 is 0 Å². The number of anilines is 1. The average molecular weight is 277 g/mol. The Bertz CT molecular complexity index is 589. The van der Waals surface area contributed by atoms with E-state index in [4.69, 9.17) is 0 Å². The predicted octanol–water partition coefficient (Wildman–Crippen LogP) is 3.82. The molecule has 0 aliphatic heterocycles. The molecule has 1 aromatic carbocycles. The third kappa shape index (κ3) is 3.20. The molecule has 0 aliphatic rings. The van der Waals surface area contributed by atoms with Gasteiger partial charge in [0.15, 0.2) is 5.78 Å². The van der Waals surface area contributed by atoms with Gasteiger partial charge in [-0.25, -0.2) is 4.39 Å². The molecule has 1 heterocycles. The van der Waals surface area contributed by atoms with Crippen LogP contribution in [0.2, 0.25) is 0 Å².